The second-order valence-corrected chi connectivity index (χ2v) is 5.08. The van der Waals surface area contributed by atoms with E-state index in [1.807, 2.05) is 6.92 Å². The van der Waals surface area contributed by atoms with Crippen LogP contribution in [-0.2, 0) is 11.3 Å². The molecule has 20 heavy (non-hydrogen) atoms. The van der Waals surface area contributed by atoms with E-state index in [2.05, 4.69) is 17.1 Å². The Balaban J connectivity index is 2.10. The van der Waals surface area contributed by atoms with E-state index in [-0.39, 0.29) is 23.8 Å². The molecule has 0 aromatic heterocycles. The summed E-state index contributed by atoms with van der Waals surface area (Å²) in [7, 11) is 0. The highest BCUT2D eigenvalue weighted by atomic mass is 16.6. The molecule has 0 aliphatic carbocycles. The van der Waals surface area contributed by atoms with Crippen LogP contribution in [0.15, 0.2) is 24.3 Å². The van der Waals surface area contributed by atoms with Crippen LogP contribution in [0.2, 0.25) is 0 Å². The number of carbonyl (C=O) groups is 1. The summed E-state index contributed by atoms with van der Waals surface area (Å²) in [6, 6.07) is 6.33. The van der Waals surface area contributed by atoms with E-state index < -0.39 is 4.92 Å². The molecule has 6 nitrogen and oxygen atoms in total. The van der Waals surface area contributed by atoms with Gasteiger partial charge in [0.15, 0.2) is 0 Å². The maximum Gasteiger partial charge on any atom is 0.269 e. The molecule has 1 amide bonds. The molecule has 0 spiro atoms. The summed E-state index contributed by atoms with van der Waals surface area (Å²) in [6.07, 6.45) is 1.95. The van der Waals surface area contributed by atoms with E-state index in [0.29, 0.717) is 6.54 Å². The third-order valence-corrected chi connectivity index (χ3v) is 3.66. The Bertz CT molecular complexity index is 501. The van der Waals surface area contributed by atoms with Gasteiger partial charge in [0.1, 0.15) is 0 Å². The summed E-state index contributed by atoms with van der Waals surface area (Å²) in [5, 5.41) is 13.6. The van der Waals surface area contributed by atoms with Crippen molar-refractivity contribution >= 4 is 11.6 Å². The minimum Gasteiger partial charge on any atom is -0.339 e. The van der Waals surface area contributed by atoms with E-state index in [9.17, 15) is 14.9 Å². The van der Waals surface area contributed by atoms with Gasteiger partial charge in [-0.05, 0) is 18.9 Å². The highest BCUT2D eigenvalue weighted by molar-refractivity contribution is 5.83. The lowest BCUT2D eigenvalue weighted by Crippen LogP contribution is -2.37. The standard InChI is InChI=1S/C14H19N3O3/c1-3-4-13-15-14(18)10(2)16(13)9-11-5-7-12(8-6-11)17(19)20/h5-8,10,13H,3-4,9H2,1-2H3,(H,15,18)/t10-,13?/m0/s1. The molecule has 0 radical (unpaired) electrons. The molecule has 1 aromatic rings. The number of nitrogens with zero attached hydrogens (tertiary/aromatic N) is 2. The molecular formula is C14H19N3O3. The number of non-ortho nitro benzene ring substituents is 1. The summed E-state index contributed by atoms with van der Waals surface area (Å²) < 4.78 is 0. The molecule has 1 unspecified atom stereocenters. The van der Waals surface area contributed by atoms with Gasteiger partial charge in [0.2, 0.25) is 5.91 Å². The third-order valence-electron chi connectivity index (χ3n) is 3.66. The molecule has 1 saturated heterocycles. The second-order valence-electron chi connectivity index (χ2n) is 5.08. The molecule has 1 aromatic carbocycles. The Hall–Kier alpha value is -1.95. The van der Waals surface area contributed by atoms with Crippen LogP contribution in [0.25, 0.3) is 0 Å². The monoisotopic (exact) mass is 277 g/mol. The zero-order valence-electron chi connectivity index (χ0n) is 11.7. The number of amides is 1. The van der Waals surface area contributed by atoms with Gasteiger partial charge in [-0.25, -0.2) is 0 Å². The Morgan fingerprint density at radius 1 is 1.35 bits per heavy atom. The number of rotatable bonds is 5. The zero-order valence-corrected chi connectivity index (χ0v) is 11.7. The van der Waals surface area contributed by atoms with Gasteiger partial charge in [-0.1, -0.05) is 25.5 Å². The molecule has 1 heterocycles. The van der Waals surface area contributed by atoms with Gasteiger partial charge in [-0.2, -0.15) is 0 Å². The van der Waals surface area contributed by atoms with E-state index in [1.54, 1.807) is 12.1 Å². The number of nitro groups is 1. The van der Waals surface area contributed by atoms with E-state index in [4.69, 9.17) is 0 Å². The predicted molar refractivity (Wildman–Crippen MR) is 74.9 cm³/mol. The topological polar surface area (TPSA) is 75.5 Å². The first-order chi connectivity index (χ1) is 9.52. The molecule has 1 aliphatic heterocycles. The average molecular weight is 277 g/mol. The van der Waals surface area contributed by atoms with Crippen LogP contribution in [0.3, 0.4) is 0 Å². The smallest absolute Gasteiger partial charge is 0.269 e. The number of hydrogen-bond donors (Lipinski definition) is 1. The Morgan fingerprint density at radius 2 is 2.00 bits per heavy atom. The fraction of sp³-hybridized carbons (Fsp3) is 0.500. The summed E-state index contributed by atoms with van der Waals surface area (Å²) in [4.78, 5) is 24.1. The highest BCUT2D eigenvalue weighted by Crippen LogP contribution is 2.21. The van der Waals surface area contributed by atoms with E-state index >= 15 is 0 Å². The molecule has 0 saturated carbocycles. The quantitative estimate of drug-likeness (QED) is 0.660. The van der Waals surface area contributed by atoms with Gasteiger partial charge in [0, 0.05) is 18.7 Å². The summed E-state index contributed by atoms with van der Waals surface area (Å²) in [5.41, 5.74) is 1.06. The second kappa shape index (κ2) is 6.00. The first-order valence-electron chi connectivity index (χ1n) is 6.82. The minimum absolute atomic E-state index is 0.0466. The largest absolute Gasteiger partial charge is 0.339 e. The van der Waals surface area contributed by atoms with Crippen molar-refractivity contribution in [2.45, 2.75) is 45.4 Å². The fourth-order valence-corrected chi connectivity index (χ4v) is 2.48. The van der Waals surface area contributed by atoms with Crippen molar-refractivity contribution in [2.24, 2.45) is 0 Å². The number of benzene rings is 1. The van der Waals surface area contributed by atoms with Crippen LogP contribution in [0, 0.1) is 10.1 Å². The normalized spacial score (nSPS) is 22.8. The van der Waals surface area contributed by atoms with Crippen LogP contribution in [0.1, 0.15) is 32.3 Å². The van der Waals surface area contributed by atoms with Crippen molar-refractivity contribution in [3.63, 3.8) is 0 Å². The first kappa shape index (κ1) is 14.5. The van der Waals surface area contributed by atoms with Crippen molar-refractivity contribution in [1.82, 2.24) is 10.2 Å². The number of carbonyl (C=O) groups excluding carboxylic acids is 1. The summed E-state index contributed by atoms with van der Waals surface area (Å²) in [5.74, 6) is 0.0466. The van der Waals surface area contributed by atoms with Crippen LogP contribution in [0.5, 0.6) is 0 Å². The molecule has 108 valence electrons. The van der Waals surface area contributed by atoms with Gasteiger partial charge in [-0.3, -0.25) is 19.8 Å². The van der Waals surface area contributed by atoms with Crippen molar-refractivity contribution < 1.29 is 9.72 Å². The molecule has 1 fully saturated rings. The van der Waals surface area contributed by atoms with Gasteiger partial charge in [0.05, 0.1) is 17.1 Å². The van der Waals surface area contributed by atoms with Crippen molar-refractivity contribution in [2.75, 3.05) is 0 Å². The molecule has 6 heteroatoms. The molecule has 1 N–H and O–H groups in total. The van der Waals surface area contributed by atoms with E-state index in [1.165, 1.54) is 12.1 Å². The molecule has 1 aliphatic rings. The fourth-order valence-electron chi connectivity index (χ4n) is 2.48. The predicted octanol–water partition coefficient (Wildman–Crippen LogP) is 2.04. The minimum atomic E-state index is -0.409. The Labute approximate surface area is 117 Å². The summed E-state index contributed by atoms with van der Waals surface area (Å²) in [6.45, 7) is 4.58. The lowest BCUT2D eigenvalue weighted by atomic mass is 10.1. The van der Waals surface area contributed by atoms with Crippen LogP contribution in [-0.4, -0.2) is 27.9 Å². The van der Waals surface area contributed by atoms with Crippen LogP contribution in [0.4, 0.5) is 5.69 Å². The number of nitro benzene ring substituents is 1. The van der Waals surface area contributed by atoms with Gasteiger partial charge < -0.3 is 5.32 Å². The van der Waals surface area contributed by atoms with E-state index in [0.717, 1.165) is 18.4 Å². The van der Waals surface area contributed by atoms with Gasteiger partial charge >= 0.3 is 0 Å². The lowest BCUT2D eigenvalue weighted by Gasteiger charge is -2.25. The van der Waals surface area contributed by atoms with Crippen molar-refractivity contribution in [1.29, 1.82) is 0 Å². The third kappa shape index (κ3) is 2.96. The highest BCUT2D eigenvalue weighted by Gasteiger charge is 2.35. The molecule has 2 atom stereocenters. The number of nitrogens with one attached hydrogen (secondary N) is 1. The Kier molecular flexibility index (Phi) is 4.34. The summed E-state index contributed by atoms with van der Waals surface area (Å²) >= 11 is 0. The SMILES string of the molecule is CCCC1NC(=O)[C@H](C)N1Cc1ccc([N+](=O)[O-])cc1. The maximum atomic E-state index is 11.8. The van der Waals surface area contributed by atoms with Crippen molar-refractivity contribution in [3.05, 3.63) is 39.9 Å². The molecule has 0 bridgehead atoms. The van der Waals surface area contributed by atoms with Gasteiger partial charge in [-0.15, -0.1) is 0 Å². The maximum absolute atomic E-state index is 11.8. The zero-order chi connectivity index (χ0) is 14.7. The average Bonchev–Trinajstić information content (AvgIpc) is 2.68. The van der Waals surface area contributed by atoms with Gasteiger partial charge in [0.25, 0.3) is 5.69 Å². The number of hydrogen-bond acceptors (Lipinski definition) is 4. The van der Waals surface area contributed by atoms with Crippen LogP contribution < -0.4 is 5.32 Å². The van der Waals surface area contributed by atoms with Crippen LogP contribution >= 0.6 is 0 Å². The molecular weight excluding hydrogens is 258 g/mol. The van der Waals surface area contributed by atoms with Crippen molar-refractivity contribution in [3.8, 4) is 0 Å². The Morgan fingerprint density at radius 3 is 2.55 bits per heavy atom. The first-order valence-corrected chi connectivity index (χ1v) is 6.82. The lowest BCUT2D eigenvalue weighted by molar-refractivity contribution is -0.384. The molecule has 2 rings (SSSR count).